The molecule has 5 nitrogen and oxygen atoms in total. The summed E-state index contributed by atoms with van der Waals surface area (Å²) in [6, 6.07) is 11.6. The maximum absolute atomic E-state index is 11.6. The molecule has 2 aromatic carbocycles. The second kappa shape index (κ2) is 7.06. The first-order valence-corrected chi connectivity index (χ1v) is 6.97. The molecular formula is C16H15ClN2O3. The highest BCUT2D eigenvalue weighted by Gasteiger charge is 2.08. The van der Waals surface area contributed by atoms with Crippen LogP contribution in [-0.2, 0) is 4.79 Å². The molecule has 0 aliphatic heterocycles. The summed E-state index contributed by atoms with van der Waals surface area (Å²) in [6.45, 7) is 0.214. The Morgan fingerprint density at radius 1 is 1.14 bits per heavy atom. The van der Waals surface area contributed by atoms with E-state index in [0.717, 1.165) is 11.1 Å². The molecule has 22 heavy (non-hydrogen) atoms. The van der Waals surface area contributed by atoms with E-state index in [2.05, 4.69) is 10.6 Å². The molecule has 0 saturated carbocycles. The third kappa shape index (κ3) is 3.84. The van der Waals surface area contributed by atoms with Gasteiger partial charge in [0, 0.05) is 16.3 Å². The normalized spacial score (nSPS) is 10.3. The molecule has 0 radical (unpaired) electrons. The number of carboxylic acids is 1. The maximum Gasteiger partial charge on any atom is 0.335 e. The zero-order valence-electron chi connectivity index (χ0n) is 11.9. The minimum Gasteiger partial charge on any atom is -0.478 e. The molecule has 1 amide bonds. The lowest BCUT2D eigenvalue weighted by molar-refractivity contribution is -0.115. The fraction of sp³-hybridized carbons (Fsp3) is 0.125. The number of likely N-dealkylation sites (N-methyl/N-ethyl adjacent to an activating group) is 1. The molecule has 3 N–H and O–H groups in total. The van der Waals surface area contributed by atoms with Crippen LogP contribution in [0.2, 0.25) is 5.02 Å². The standard InChI is InChI=1S/C16H15ClN2O3/c1-18-9-15(20)19-12-6-7-14(17)13(8-12)10-2-4-11(5-3-10)16(21)22/h2-8,18H,9H2,1H3,(H,19,20)(H,21,22). The first kappa shape index (κ1) is 16.0. The number of hydrogen-bond acceptors (Lipinski definition) is 3. The van der Waals surface area contributed by atoms with Gasteiger partial charge in [0.2, 0.25) is 5.91 Å². The average Bonchev–Trinajstić information content (AvgIpc) is 2.49. The molecule has 0 aliphatic carbocycles. The van der Waals surface area contributed by atoms with Crippen molar-refractivity contribution >= 4 is 29.2 Å². The van der Waals surface area contributed by atoms with Crippen molar-refractivity contribution < 1.29 is 14.7 Å². The van der Waals surface area contributed by atoms with Crippen molar-refractivity contribution in [3.8, 4) is 11.1 Å². The van der Waals surface area contributed by atoms with Gasteiger partial charge in [0.25, 0.3) is 0 Å². The molecule has 2 rings (SSSR count). The first-order valence-electron chi connectivity index (χ1n) is 6.59. The second-order valence-corrected chi connectivity index (χ2v) is 5.06. The van der Waals surface area contributed by atoms with E-state index >= 15 is 0 Å². The largest absolute Gasteiger partial charge is 0.478 e. The Balaban J connectivity index is 2.30. The van der Waals surface area contributed by atoms with Crippen molar-refractivity contribution in [2.75, 3.05) is 18.9 Å². The molecule has 0 unspecified atom stereocenters. The predicted octanol–water partition coefficient (Wildman–Crippen LogP) is 2.86. The lowest BCUT2D eigenvalue weighted by Gasteiger charge is -2.10. The van der Waals surface area contributed by atoms with Crippen LogP contribution in [0.25, 0.3) is 11.1 Å². The molecule has 0 bridgehead atoms. The highest BCUT2D eigenvalue weighted by atomic mass is 35.5. The number of carboxylic acid groups (broad SMARTS) is 1. The Morgan fingerprint density at radius 3 is 2.41 bits per heavy atom. The molecule has 0 fully saturated rings. The van der Waals surface area contributed by atoms with Crippen molar-refractivity contribution in [3.05, 3.63) is 53.1 Å². The highest BCUT2D eigenvalue weighted by Crippen LogP contribution is 2.30. The number of hydrogen-bond donors (Lipinski definition) is 3. The van der Waals surface area contributed by atoms with Gasteiger partial charge in [-0.25, -0.2) is 4.79 Å². The fourth-order valence-electron chi connectivity index (χ4n) is 1.98. The quantitative estimate of drug-likeness (QED) is 0.792. The van der Waals surface area contributed by atoms with Crippen molar-refractivity contribution in [1.29, 1.82) is 0 Å². The lowest BCUT2D eigenvalue weighted by atomic mass is 10.0. The highest BCUT2D eigenvalue weighted by molar-refractivity contribution is 6.33. The Bertz CT molecular complexity index is 699. The predicted molar refractivity (Wildman–Crippen MR) is 86.4 cm³/mol. The monoisotopic (exact) mass is 318 g/mol. The van der Waals surface area contributed by atoms with Crippen molar-refractivity contribution in [3.63, 3.8) is 0 Å². The number of rotatable bonds is 5. The summed E-state index contributed by atoms with van der Waals surface area (Å²) in [5.74, 6) is -1.14. The van der Waals surface area contributed by atoms with Gasteiger partial charge in [-0.15, -0.1) is 0 Å². The molecule has 0 aromatic heterocycles. The van der Waals surface area contributed by atoms with Crippen LogP contribution in [0.15, 0.2) is 42.5 Å². The van der Waals surface area contributed by atoms with Crippen LogP contribution in [0.4, 0.5) is 5.69 Å². The smallest absolute Gasteiger partial charge is 0.335 e. The van der Waals surface area contributed by atoms with Gasteiger partial charge in [-0.05, 0) is 42.9 Å². The van der Waals surface area contributed by atoms with E-state index in [4.69, 9.17) is 16.7 Å². The Kier molecular flexibility index (Phi) is 5.14. The minimum absolute atomic E-state index is 0.156. The van der Waals surface area contributed by atoms with E-state index < -0.39 is 5.97 Å². The van der Waals surface area contributed by atoms with Crippen LogP contribution in [0.5, 0.6) is 0 Å². The summed E-state index contributed by atoms with van der Waals surface area (Å²) in [6.07, 6.45) is 0. The summed E-state index contributed by atoms with van der Waals surface area (Å²) in [5, 5.41) is 15.0. The third-order valence-electron chi connectivity index (χ3n) is 3.03. The number of aromatic carboxylic acids is 1. The van der Waals surface area contributed by atoms with Crippen LogP contribution < -0.4 is 10.6 Å². The van der Waals surface area contributed by atoms with E-state index in [1.807, 2.05) is 0 Å². The van der Waals surface area contributed by atoms with Gasteiger partial charge in [-0.2, -0.15) is 0 Å². The molecule has 0 aliphatic rings. The summed E-state index contributed by atoms with van der Waals surface area (Å²) in [7, 11) is 1.69. The van der Waals surface area contributed by atoms with Crippen molar-refractivity contribution in [1.82, 2.24) is 5.32 Å². The van der Waals surface area contributed by atoms with E-state index in [-0.39, 0.29) is 18.0 Å². The summed E-state index contributed by atoms with van der Waals surface area (Å²) in [5.41, 5.74) is 2.33. The van der Waals surface area contributed by atoms with E-state index in [0.29, 0.717) is 10.7 Å². The number of anilines is 1. The first-order chi connectivity index (χ1) is 10.5. The summed E-state index contributed by atoms with van der Waals surface area (Å²) >= 11 is 6.19. The number of carbonyl (C=O) groups is 2. The average molecular weight is 319 g/mol. The molecule has 0 saturated heterocycles. The minimum atomic E-state index is -0.981. The second-order valence-electron chi connectivity index (χ2n) is 4.66. The van der Waals surface area contributed by atoms with Gasteiger partial charge in [0.05, 0.1) is 12.1 Å². The molecule has 0 heterocycles. The maximum atomic E-state index is 11.6. The lowest BCUT2D eigenvalue weighted by Crippen LogP contribution is -2.25. The van der Waals surface area contributed by atoms with Gasteiger partial charge in [0.1, 0.15) is 0 Å². The molecule has 6 heteroatoms. The number of halogens is 1. The van der Waals surface area contributed by atoms with Crippen LogP contribution in [0.1, 0.15) is 10.4 Å². The van der Waals surface area contributed by atoms with Crippen LogP contribution in [-0.4, -0.2) is 30.6 Å². The molecular weight excluding hydrogens is 304 g/mol. The SMILES string of the molecule is CNCC(=O)Nc1ccc(Cl)c(-c2ccc(C(=O)O)cc2)c1. The van der Waals surface area contributed by atoms with Gasteiger partial charge >= 0.3 is 5.97 Å². The van der Waals surface area contributed by atoms with Gasteiger partial charge in [0.15, 0.2) is 0 Å². The van der Waals surface area contributed by atoms with E-state index in [9.17, 15) is 9.59 Å². The van der Waals surface area contributed by atoms with Crippen LogP contribution in [0.3, 0.4) is 0 Å². The van der Waals surface area contributed by atoms with Gasteiger partial charge in [-0.1, -0.05) is 23.7 Å². The van der Waals surface area contributed by atoms with Gasteiger partial charge < -0.3 is 15.7 Å². The van der Waals surface area contributed by atoms with Crippen molar-refractivity contribution in [2.24, 2.45) is 0 Å². The molecule has 2 aromatic rings. The van der Waals surface area contributed by atoms with Gasteiger partial charge in [-0.3, -0.25) is 4.79 Å². The van der Waals surface area contributed by atoms with Crippen LogP contribution in [0, 0.1) is 0 Å². The van der Waals surface area contributed by atoms with E-state index in [1.165, 1.54) is 12.1 Å². The number of amides is 1. The summed E-state index contributed by atoms with van der Waals surface area (Å²) in [4.78, 5) is 22.5. The van der Waals surface area contributed by atoms with E-state index in [1.54, 1.807) is 37.4 Å². The molecule has 0 spiro atoms. The topological polar surface area (TPSA) is 78.4 Å². The number of benzene rings is 2. The Morgan fingerprint density at radius 2 is 1.82 bits per heavy atom. The zero-order chi connectivity index (χ0) is 16.1. The zero-order valence-corrected chi connectivity index (χ0v) is 12.6. The molecule has 0 atom stereocenters. The number of carbonyl (C=O) groups excluding carboxylic acids is 1. The molecule has 114 valence electrons. The van der Waals surface area contributed by atoms with Crippen molar-refractivity contribution in [2.45, 2.75) is 0 Å². The summed E-state index contributed by atoms with van der Waals surface area (Å²) < 4.78 is 0. The Hall–Kier alpha value is -2.37. The third-order valence-corrected chi connectivity index (χ3v) is 3.36. The Labute approximate surface area is 132 Å². The fourth-order valence-corrected chi connectivity index (χ4v) is 2.21. The number of nitrogens with one attached hydrogen (secondary N) is 2. The van der Waals surface area contributed by atoms with Crippen LogP contribution >= 0.6 is 11.6 Å².